The van der Waals surface area contributed by atoms with E-state index < -0.39 is 9.84 Å². The van der Waals surface area contributed by atoms with Crippen LogP contribution in [0.2, 0.25) is 0 Å². The Morgan fingerprint density at radius 1 is 1.18 bits per heavy atom. The molecule has 0 spiro atoms. The molecular formula is C20H36N4O3S. The molecule has 0 aliphatic carbocycles. The molecule has 160 valence electrons. The molecule has 0 N–H and O–H groups in total. The fraction of sp³-hybridized carbons (Fsp3) is 0.800. The highest BCUT2D eigenvalue weighted by molar-refractivity contribution is 7.91. The fourth-order valence-corrected chi connectivity index (χ4v) is 5.03. The highest BCUT2D eigenvalue weighted by Crippen LogP contribution is 2.19. The lowest BCUT2D eigenvalue weighted by atomic mass is 10.1. The van der Waals surface area contributed by atoms with Gasteiger partial charge in [-0.15, -0.1) is 0 Å². The summed E-state index contributed by atoms with van der Waals surface area (Å²) < 4.78 is 27.7. The molecule has 1 amide bonds. The average molecular weight is 413 g/mol. The maximum atomic E-state index is 12.9. The van der Waals surface area contributed by atoms with Crippen molar-refractivity contribution in [3.05, 3.63) is 11.9 Å². The van der Waals surface area contributed by atoms with E-state index in [4.69, 9.17) is 0 Å². The van der Waals surface area contributed by atoms with Gasteiger partial charge in [0.05, 0.1) is 17.6 Å². The van der Waals surface area contributed by atoms with E-state index in [2.05, 4.69) is 30.7 Å². The van der Waals surface area contributed by atoms with Gasteiger partial charge in [-0.2, -0.15) is 0 Å². The number of piperazine rings is 1. The first kappa shape index (κ1) is 22.9. The smallest absolute Gasteiger partial charge is 0.227 e. The topological polar surface area (TPSA) is 75.5 Å². The molecule has 1 saturated heterocycles. The van der Waals surface area contributed by atoms with Gasteiger partial charge < -0.3 is 9.47 Å². The predicted molar refractivity (Wildman–Crippen MR) is 111 cm³/mol. The second kappa shape index (κ2) is 10.4. The summed E-state index contributed by atoms with van der Waals surface area (Å²) in [5, 5.41) is 0.224. The zero-order chi connectivity index (χ0) is 20.7. The first-order valence-corrected chi connectivity index (χ1v) is 12.1. The van der Waals surface area contributed by atoms with Crippen LogP contribution in [0, 0.1) is 5.92 Å². The molecule has 8 heteroatoms. The molecule has 0 bridgehead atoms. The van der Waals surface area contributed by atoms with Gasteiger partial charge in [-0.05, 0) is 25.2 Å². The van der Waals surface area contributed by atoms with Crippen LogP contribution in [-0.2, 0) is 27.7 Å². The minimum Gasteiger partial charge on any atom is -0.340 e. The van der Waals surface area contributed by atoms with Crippen molar-refractivity contribution in [2.75, 3.05) is 31.9 Å². The summed E-state index contributed by atoms with van der Waals surface area (Å²) in [6.07, 6.45) is 5.23. The van der Waals surface area contributed by atoms with E-state index in [1.165, 1.54) is 0 Å². The molecular weight excluding hydrogens is 376 g/mol. The summed E-state index contributed by atoms with van der Waals surface area (Å²) >= 11 is 0. The molecule has 0 aromatic carbocycles. The highest BCUT2D eigenvalue weighted by Gasteiger charge is 2.25. The van der Waals surface area contributed by atoms with Gasteiger partial charge >= 0.3 is 0 Å². The van der Waals surface area contributed by atoms with Crippen molar-refractivity contribution in [3.8, 4) is 0 Å². The summed E-state index contributed by atoms with van der Waals surface area (Å²) in [5.41, 5.74) is 0.951. The number of amides is 1. The monoisotopic (exact) mass is 412 g/mol. The van der Waals surface area contributed by atoms with Gasteiger partial charge in [-0.3, -0.25) is 9.69 Å². The van der Waals surface area contributed by atoms with Crippen molar-refractivity contribution in [2.45, 2.75) is 71.6 Å². The van der Waals surface area contributed by atoms with Crippen LogP contribution in [0.3, 0.4) is 0 Å². The lowest BCUT2D eigenvalue weighted by Gasteiger charge is -2.34. The molecule has 1 aliphatic rings. The summed E-state index contributed by atoms with van der Waals surface area (Å²) in [4.78, 5) is 20.0. The quantitative estimate of drug-likeness (QED) is 0.590. The zero-order valence-corrected chi connectivity index (χ0v) is 18.7. The van der Waals surface area contributed by atoms with Crippen LogP contribution in [0.25, 0.3) is 0 Å². The van der Waals surface area contributed by atoms with E-state index in [0.29, 0.717) is 25.4 Å². The predicted octanol–water partition coefficient (Wildman–Crippen LogP) is 2.56. The minimum absolute atomic E-state index is 0.113. The number of sulfone groups is 1. The van der Waals surface area contributed by atoms with E-state index >= 15 is 0 Å². The van der Waals surface area contributed by atoms with Gasteiger partial charge in [0.15, 0.2) is 0 Å². The molecule has 2 heterocycles. The summed E-state index contributed by atoms with van der Waals surface area (Å²) in [6.45, 7) is 12.3. The number of hydrogen-bond acceptors (Lipinski definition) is 5. The van der Waals surface area contributed by atoms with Crippen molar-refractivity contribution >= 4 is 15.7 Å². The lowest BCUT2D eigenvalue weighted by molar-refractivity contribution is -0.130. The second-order valence-corrected chi connectivity index (χ2v) is 10.2. The molecule has 0 atom stereocenters. The fourth-order valence-electron chi connectivity index (χ4n) is 3.54. The van der Waals surface area contributed by atoms with Crippen LogP contribution >= 0.6 is 0 Å². The minimum atomic E-state index is -3.38. The van der Waals surface area contributed by atoms with Gasteiger partial charge in [0.1, 0.15) is 0 Å². The summed E-state index contributed by atoms with van der Waals surface area (Å²) in [5.74, 6) is 0.770. The number of carbonyl (C=O) groups is 1. The largest absolute Gasteiger partial charge is 0.340 e. The molecule has 0 radical (unpaired) electrons. The third-order valence-electron chi connectivity index (χ3n) is 5.31. The lowest BCUT2D eigenvalue weighted by Crippen LogP contribution is -2.47. The molecule has 1 aliphatic heterocycles. The van der Waals surface area contributed by atoms with E-state index in [9.17, 15) is 13.2 Å². The van der Waals surface area contributed by atoms with Crippen molar-refractivity contribution < 1.29 is 13.2 Å². The molecule has 0 unspecified atom stereocenters. The maximum Gasteiger partial charge on any atom is 0.227 e. The summed E-state index contributed by atoms with van der Waals surface area (Å²) in [7, 11) is -3.38. The molecule has 1 aromatic rings. The maximum absolute atomic E-state index is 12.9. The van der Waals surface area contributed by atoms with Gasteiger partial charge in [0.25, 0.3) is 0 Å². The Labute approximate surface area is 170 Å². The Morgan fingerprint density at radius 2 is 1.86 bits per heavy atom. The van der Waals surface area contributed by atoms with Crippen LogP contribution in [-0.4, -0.2) is 65.6 Å². The summed E-state index contributed by atoms with van der Waals surface area (Å²) in [6, 6.07) is 0. The van der Waals surface area contributed by atoms with Crippen LogP contribution in [0.1, 0.15) is 59.1 Å². The molecule has 2 rings (SSSR count). The van der Waals surface area contributed by atoms with Crippen molar-refractivity contribution in [3.63, 3.8) is 0 Å². The van der Waals surface area contributed by atoms with Crippen molar-refractivity contribution in [1.82, 2.24) is 19.4 Å². The van der Waals surface area contributed by atoms with Crippen LogP contribution in [0.15, 0.2) is 11.4 Å². The normalized spacial score (nSPS) is 16.1. The van der Waals surface area contributed by atoms with Crippen LogP contribution in [0.5, 0.6) is 0 Å². The van der Waals surface area contributed by atoms with E-state index in [0.717, 1.165) is 51.1 Å². The Balaban J connectivity index is 2.11. The van der Waals surface area contributed by atoms with E-state index in [1.807, 2.05) is 9.47 Å². The number of imidazole rings is 1. The van der Waals surface area contributed by atoms with Gasteiger partial charge in [-0.1, -0.05) is 27.2 Å². The first-order chi connectivity index (χ1) is 13.2. The number of rotatable bonds is 10. The highest BCUT2D eigenvalue weighted by atomic mass is 32.2. The Bertz CT molecular complexity index is 735. The number of unbranched alkanes of at least 4 members (excludes halogenated alkanes) is 1. The van der Waals surface area contributed by atoms with Gasteiger partial charge in [0.2, 0.25) is 20.9 Å². The number of carbonyl (C=O) groups excluding carboxylic acids is 1. The third kappa shape index (κ3) is 6.30. The van der Waals surface area contributed by atoms with Crippen LogP contribution < -0.4 is 0 Å². The average Bonchev–Trinajstić information content (AvgIpc) is 3.03. The second-order valence-electron chi connectivity index (χ2n) is 8.17. The van der Waals surface area contributed by atoms with E-state index in [1.54, 1.807) is 13.1 Å². The van der Waals surface area contributed by atoms with Crippen molar-refractivity contribution in [2.24, 2.45) is 5.92 Å². The van der Waals surface area contributed by atoms with E-state index in [-0.39, 0.29) is 16.8 Å². The zero-order valence-electron chi connectivity index (χ0n) is 17.9. The Kier molecular flexibility index (Phi) is 8.49. The molecule has 7 nitrogen and oxygen atoms in total. The molecule has 0 saturated carbocycles. The SMILES string of the molecule is CCCCn1c(CN2CCN(C(C)=O)CC2)cnc1S(=O)(=O)CCCC(C)C. The van der Waals surface area contributed by atoms with Crippen molar-refractivity contribution in [1.29, 1.82) is 0 Å². The third-order valence-corrected chi connectivity index (χ3v) is 7.02. The molecule has 1 aromatic heterocycles. The standard InChI is InChI=1S/C20H36N4O3S/c1-5-6-9-24-19(16-22-10-12-23(13-11-22)18(4)25)15-21-20(24)28(26,27)14-7-8-17(2)3/h15,17H,5-14,16H2,1-4H3. The molecule has 28 heavy (non-hydrogen) atoms. The Hall–Kier alpha value is -1.41. The first-order valence-electron chi connectivity index (χ1n) is 10.5. The van der Waals surface area contributed by atoms with Gasteiger partial charge in [-0.25, -0.2) is 13.4 Å². The van der Waals surface area contributed by atoms with Crippen LogP contribution in [0.4, 0.5) is 0 Å². The number of nitrogens with zero attached hydrogens (tertiary/aromatic N) is 4. The van der Waals surface area contributed by atoms with Gasteiger partial charge in [0, 0.05) is 46.2 Å². The number of aromatic nitrogens is 2. The molecule has 1 fully saturated rings. The number of hydrogen-bond donors (Lipinski definition) is 0. The Morgan fingerprint density at radius 3 is 2.43 bits per heavy atom.